The number of fused-ring (bicyclic) bond motifs is 1. The lowest BCUT2D eigenvalue weighted by Gasteiger charge is -2.46. The zero-order valence-electron chi connectivity index (χ0n) is 18.1. The second-order valence-corrected chi connectivity index (χ2v) is 10.8. The fourth-order valence-electron chi connectivity index (χ4n) is 4.71. The lowest BCUT2D eigenvalue weighted by atomic mass is 9.76. The first-order valence-electron chi connectivity index (χ1n) is 10.9. The third kappa shape index (κ3) is 4.62. The second-order valence-electron chi connectivity index (χ2n) is 8.87. The first kappa shape index (κ1) is 21.8. The van der Waals surface area contributed by atoms with Crippen molar-refractivity contribution in [3.8, 4) is 5.75 Å². The predicted molar refractivity (Wildman–Crippen MR) is 119 cm³/mol. The molecular weight excluding hydrogens is 412 g/mol. The van der Waals surface area contributed by atoms with Crippen molar-refractivity contribution in [2.45, 2.75) is 62.0 Å². The molecule has 1 fully saturated rings. The minimum Gasteiger partial charge on any atom is -0.487 e. The van der Waals surface area contributed by atoms with E-state index >= 15 is 0 Å². The van der Waals surface area contributed by atoms with Crippen molar-refractivity contribution in [3.63, 3.8) is 0 Å². The van der Waals surface area contributed by atoms with Crippen LogP contribution in [0.4, 0.5) is 0 Å². The summed E-state index contributed by atoms with van der Waals surface area (Å²) in [4.78, 5) is 12.8. The summed E-state index contributed by atoms with van der Waals surface area (Å²) in [6, 6.07) is 16.6. The molecule has 1 atom stereocenters. The van der Waals surface area contributed by atoms with Gasteiger partial charge in [-0.1, -0.05) is 36.4 Å². The summed E-state index contributed by atoms with van der Waals surface area (Å²) in [7, 11) is -3.51. The van der Waals surface area contributed by atoms with Crippen LogP contribution in [0.25, 0.3) is 0 Å². The maximum atomic E-state index is 13.0. The van der Waals surface area contributed by atoms with E-state index in [0.717, 1.165) is 17.7 Å². The first-order chi connectivity index (χ1) is 14.8. The van der Waals surface area contributed by atoms with Gasteiger partial charge in [0.1, 0.15) is 11.4 Å². The Kier molecular flexibility index (Phi) is 6.08. The van der Waals surface area contributed by atoms with Crippen LogP contribution in [-0.4, -0.2) is 43.4 Å². The van der Waals surface area contributed by atoms with Crippen LogP contribution in [0, 0.1) is 0 Å². The minimum atomic E-state index is -3.51. The van der Waals surface area contributed by atoms with Gasteiger partial charge in [0.2, 0.25) is 15.9 Å². The van der Waals surface area contributed by atoms with Crippen molar-refractivity contribution in [2.24, 2.45) is 0 Å². The molecule has 0 aliphatic carbocycles. The Bertz CT molecular complexity index is 1030. The molecular formula is C24H30N2O4S. The van der Waals surface area contributed by atoms with Crippen molar-refractivity contribution in [3.05, 3.63) is 60.2 Å². The highest BCUT2D eigenvalue weighted by Gasteiger charge is 2.45. The summed E-state index contributed by atoms with van der Waals surface area (Å²) < 4.78 is 34.0. The van der Waals surface area contributed by atoms with Crippen molar-refractivity contribution in [1.29, 1.82) is 0 Å². The normalized spacial score (nSPS) is 20.8. The van der Waals surface area contributed by atoms with Gasteiger partial charge in [0.05, 0.1) is 4.90 Å². The number of amides is 1. The molecule has 0 bridgehead atoms. The number of benzene rings is 2. The number of ether oxygens (including phenoxy) is 1. The molecule has 1 N–H and O–H groups in total. The second kappa shape index (κ2) is 8.63. The Morgan fingerprint density at radius 3 is 2.42 bits per heavy atom. The number of para-hydroxylation sites is 1. The Labute approximate surface area is 184 Å². The molecule has 166 valence electrons. The smallest absolute Gasteiger partial charge is 0.243 e. The van der Waals surface area contributed by atoms with Gasteiger partial charge in [0, 0.05) is 44.3 Å². The lowest BCUT2D eigenvalue weighted by Crippen LogP contribution is -2.52. The molecule has 1 amide bonds. The van der Waals surface area contributed by atoms with Crippen molar-refractivity contribution in [1.82, 2.24) is 9.62 Å². The van der Waals surface area contributed by atoms with Gasteiger partial charge in [-0.2, -0.15) is 4.31 Å². The predicted octanol–water partition coefficient (Wildman–Crippen LogP) is 3.69. The molecule has 2 aliphatic heterocycles. The van der Waals surface area contributed by atoms with E-state index in [0.29, 0.717) is 37.2 Å². The first-order valence-corrected chi connectivity index (χ1v) is 12.4. The number of nitrogens with zero attached hydrogens (tertiary/aromatic N) is 1. The van der Waals surface area contributed by atoms with E-state index in [2.05, 4.69) is 5.32 Å². The summed E-state index contributed by atoms with van der Waals surface area (Å²) in [6.07, 6.45) is 2.34. The van der Waals surface area contributed by atoms with Gasteiger partial charge in [-0.15, -0.1) is 0 Å². The van der Waals surface area contributed by atoms with Crippen LogP contribution >= 0.6 is 0 Å². The van der Waals surface area contributed by atoms with Crippen molar-refractivity contribution >= 4 is 15.9 Å². The number of hydrogen-bond acceptors (Lipinski definition) is 4. The molecule has 6 nitrogen and oxygen atoms in total. The molecule has 0 radical (unpaired) electrons. The summed E-state index contributed by atoms with van der Waals surface area (Å²) in [5.41, 5.74) is 0.617. The summed E-state index contributed by atoms with van der Waals surface area (Å²) in [6.45, 7) is 4.73. The molecule has 2 aromatic rings. The third-order valence-electron chi connectivity index (χ3n) is 6.20. The number of hydrogen-bond donors (Lipinski definition) is 1. The third-order valence-corrected chi connectivity index (χ3v) is 8.11. The number of rotatable bonds is 5. The highest BCUT2D eigenvalue weighted by Crippen LogP contribution is 2.46. The fourth-order valence-corrected chi connectivity index (χ4v) is 6.18. The van der Waals surface area contributed by atoms with E-state index in [-0.39, 0.29) is 17.9 Å². The molecule has 31 heavy (non-hydrogen) atoms. The van der Waals surface area contributed by atoms with E-state index in [1.807, 2.05) is 44.2 Å². The molecule has 2 aliphatic rings. The van der Waals surface area contributed by atoms with Crippen molar-refractivity contribution < 1.29 is 17.9 Å². The monoisotopic (exact) mass is 442 g/mol. The molecule has 0 aromatic heterocycles. The van der Waals surface area contributed by atoms with Crippen LogP contribution in [0.15, 0.2) is 59.5 Å². The molecule has 0 saturated carbocycles. The van der Waals surface area contributed by atoms with Crippen molar-refractivity contribution in [2.75, 3.05) is 13.1 Å². The van der Waals surface area contributed by atoms with Crippen LogP contribution in [0.2, 0.25) is 0 Å². The van der Waals surface area contributed by atoms with Crippen LogP contribution in [-0.2, 0) is 14.8 Å². The Balaban J connectivity index is 1.52. The zero-order valence-corrected chi connectivity index (χ0v) is 18.9. The molecule has 1 spiro atoms. The van der Waals surface area contributed by atoms with Gasteiger partial charge in [0.15, 0.2) is 0 Å². The number of sulfonamides is 1. The summed E-state index contributed by atoms with van der Waals surface area (Å²) >= 11 is 0. The van der Waals surface area contributed by atoms with E-state index in [9.17, 15) is 13.2 Å². The van der Waals surface area contributed by atoms with Crippen LogP contribution in [0.1, 0.15) is 51.0 Å². The number of nitrogens with one attached hydrogen (secondary N) is 1. The van der Waals surface area contributed by atoms with Gasteiger partial charge < -0.3 is 10.1 Å². The van der Waals surface area contributed by atoms with Gasteiger partial charge in [-0.3, -0.25) is 4.79 Å². The average molecular weight is 443 g/mol. The highest BCUT2D eigenvalue weighted by molar-refractivity contribution is 7.89. The topological polar surface area (TPSA) is 75.7 Å². The lowest BCUT2D eigenvalue weighted by molar-refractivity contribution is -0.122. The quantitative estimate of drug-likeness (QED) is 0.766. The van der Waals surface area contributed by atoms with Crippen LogP contribution in [0.5, 0.6) is 5.75 Å². The Morgan fingerprint density at radius 1 is 1.10 bits per heavy atom. The number of carbonyl (C=O) groups excluding carboxylic acids is 1. The maximum absolute atomic E-state index is 13.0. The number of carbonyl (C=O) groups is 1. The fraction of sp³-hybridized carbons (Fsp3) is 0.458. The minimum absolute atomic E-state index is 0.0379. The highest BCUT2D eigenvalue weighted by atomic mass is 32.2. The Morgan fingerprint density at radius 2 is 1.74 bits per heavy atom. The Hall–Kier alpha value is -2.38. The van der Waals surface area contributed by atoms with Crippen LogP contribution < -0.4 is 10.1 Å². The van der Waals surface area contributed by atoms with Gasteiger partial charge in [0.25, 0.3) is 0 Å². The van der Waals surface area contributed by atoms with Gasteiger partial charge in [-0.05, 0) is 44.0 Å². The maximum Gasteiger partial charge on any atom is 0.243 e. The molecule has 7 heteroatoms. The zero-order chi connectivity index (χ0) is 22.1. The SMILES string of the molecule is CC(C)NC(=O)CC1CC2(CCN(S(=O)(=O)c3ccccc3)CC2)Oc2ccccc21. The van der Waals surface area contributed by atoms with E-state index < -0.39 is 15.6 Å². The van der Waals surface area contributed by atoms with Crippen LogP contribution in [0.3, 0.4) is 0 Å². The van der Waals surface area contributed by atoms with E-state index in [1.54, 1.807) is 28.6 Å². The number of piperidine rings is 1. The molecule has 2 heterocycles. The summed E-state index contributed by atoms with van der Waals surface area (Å²) in [5, 5.41) is 2.99. The molecule has 1 saturated heterocycles. The average Bonchev–Trinajstić information content (AvgIpc) is 2.74. The molecule has 1 unspecified atom stereocenters. The van der Waals surface area contributed by atoms with Gasteiger partial charge in [-0.25, -0.2) is 8.42 Å². The standard InChI is InChI=1S/C24H30N2O4S/c1-18(2)25-23(27)16-19-17-24(30-22-11-7-6-10-21(19)22)12-14-26(15-13-24)31(28,29)20-8-4-3-5-9-20/h3-11,18-19H,12-17H2,1-2H3,(H,25,27). The molecule has 2 aromatic carbocycles. The molecule has 4 rings (SSSR count). The van der Waals surface area contributed by atoms with E-state index in [1.165, 1.54) is 0 Å². The van der Waals surface area contributed by atoms with E-state index in [4.69, 9.17) is 4.74 Å². The van der Waals surface area contributed by atoms with Gasteiger partial charge >= 0.3 is 0 Å². The summed E-state index contributed by atoms with van der Waals surface area (Å²) in [5.74, 6) is 0.910. The largest absolute Gasteiger partial charge is 0.487 e.